The number of carbonyl (C=O) groups excluding carboxylic acids is 1. The maximum absolute atomic E-state index is 11.5. The van der Waals surface area contributed by atoms with Crippen LogP contribution >= 0.6 is 15.9 Å². The quantitative estimate of drug-likeness (QED) is 0.362. The van der Waals surface area contributed by atoms with Crippen LogP contribution in [0.5, 0.6) is 5.75 Å². The van der Waals surface area contributed by atoms with Crippen molar-refractivity contribution >= 4 is 28.0 Å². The average molecular weight is 322 g/mol. The van der Waals surface area contributed by atoms with E-state index in [4.69, 9.17) is 14.7 Å². The minimum Gasteiger partial charge on any atom is -0.496 e. The van der Waals surface area contributed by atoms with Crippen LogP contribution in [0.3, 0.4) is 0 Å². The van der Waals surface area contributed by atoms with E-state index in [1.807, 2.05) is 6.07 Å². The summed E-state index contributed by atoms with van der Waals surface area (Å²) in [6, 6.07) is 7.03. The molecule has 0 amide bonds. The second-order valence-corrected chi connectivity index (χ2v) is 4.31. The normalized spacial score (nSPS) is 10.5. The van der Waals surface area contributed by atoms with Gasteiger partial charge in [0, 0.05) is 0 Å². The molecule has 1 rings (SSSR count). The van der Waals surface area contributed by atoms with Gasteiger partial charge in [0.05, 0.1) is 11.6 Å². The highest BCUT2D eigenvalue weighted by atomic mass is 79.9. The Morgan fingerprint density at radius 3 is 2.84 bits per heavy atom. The largest absolute Gasteiger partial charge is 0.496 e. The maximum atomic E-state index is 11.5. The molecule has 0 atom stereocenters. The maximum Gasteiger partial charge on any atom is 0.349 e. The SMILES string of the molecule is C=CCOC(=O)C(C#N)=Cc1ccc(OC)c(Br)c1. The molecule has 0 bridgehead atoms. The first-order chi connectivity index (χ1) is 9.12. The van der Waals surface area contributed by atoms with Gasteiger partial charge in [-0.25, -0.2) is 4.79 Å². The fourth-order valence-electron chi connectivity index (χ4n) is 1.29. The monoisotopic (exact) mass is 321 g/mol. The topological polar surface area (TPSA) is 59.3 Å². The Balaban J connectivity index is 2.98. The van der Waals surface area contributed by atoms with Crippen LogP contribution in [0.1, 0.15) is 5.56 Å². The number of nitriles is 1. The number of methoxy groups -OCH3 is 1. The predicted octanol–water partition coefficient (Wildman–Crippen LogP) is 3.09. The second-order valence-electron chi connectivity index (χ2n) is 3.45. The Hall–Kier alpha value is -2.06. The van der Waals surface area contributed by atoms with E-state index in [0.29, 0.717) is 11.3 Å². The molecule has 4 nitrogen and oxygen atoms in total. The molecule has 0 saturated carbocycles. The summed E-state index contributed by atoms with van der Waals surface area (Å²) in [4.78, 5) is 11.5. The molecule has 0 aromatic heterocycles. The summed E-state index contributed by atoms with van der Waals surface area (Å²) in [7, 11) is 1.56. The molecule has 0 spiro atoms. The summed E-state index contributed by atoms with van der Waals surface area (Å²) < 4.78 is 10.6. The van der Waals surface area contributed by atoms with Crippen LogP contribution in [0.15, 0.2) is 40.9 Å². The van der Waals surface area contributed by atoms with Gasteiger partial charge in [-0.1, -0.05) is 18.7 Å². The van der Waals surface area contributed by atoms with Crippen molar-refractivity contribution in [1.82, 2.24) is 0 Å². The van der Waals surface area contributed by atoms with Crippen molar-refractivity contribution in [3.8, 4) is 11.8 Å². The highest BCUT2D eigenvalue weighted by Crippen LogP contribution is 2.26. The van der Waals surface area contributed by atoms with Gasteiger partial charge in [0.1, 0.15) is 24.0 Å². The fraction of sp³-hybridized carbons (Fsp3) is 0.143. The molecule has 0 unspecified atom stereocenters. The minimum absolute atomic E-state index is 0.0704. The lowest BCUT2D eigenvalue weighted by atomic mass is 10.1. The number of hydrogen-bond acceptors (Lipinski definition) is 4. The van der Waals surface area contributed by atoms with Crippen molar-refractivity contribution < 1.29 is 14.3 Å². The number of rotatable bonds is 5. The Labute approximate surface area is 120 Å². The first-order valence-electron chi connectivity index (χ1n) is 5.35. The molecule has 0 N–H and O–H groups in total. The molecule has 19 heavy (non-hydrogen) atoms. The molecule has 98 valence electrons. The molecule has 0 fully saturated rings. The number of hydrogen-bond donors (Lipinski definition) is 0. The number of benzene rings is 1. The van der Waals surface area contributed by atoms with Crippen LogP contribution < -0.4 is 4.74 Å². The number of esters is 1. The fourth-order valence-corrected chi connectivity index (χ4v) is 1.85. The van der Waals surface area contributed by atoms with E-state index in [0.717, 1.165) is 4.47 Å². The molecule has 5 heteroatoms. The predicted molar refractivity (Wildman–Crippen MR) is 75.4 cm³/mol. The minimum atomic E-state index is -0.672. The van der Waals surface area contributed by atoms with Gasteiger partial charge >= 0.3 is 5.97 Å². The summed E-state index contributed by atoms with van der Waals surface area (Å²) in [5.74, 6) is -0.000711. The van der Waals surface area contributed by atoms with Gasteiger partial charge in [-0.15, -0.1) is 0 Å². The van der Waals surface area contributed by atoms with E-state index in [1.54, 1.807) is 25.3 Å². The lowest BCUT2D eigenvalue weighted by molar-refractivity contribution is -0.137. The first kappa shape index (κ1) is 15.0. The van der Waals surface area contributed by atoms with Gasteiger partial charge in [0.25, 0.3) is 0 Å². The van der Waals surface area contributed by atoms with E-state index < -0.39 is 5.97 Å². The third kappa shape index (κ3) is 4.27. The van der Waals surface area contributed by atoms with Gasteiger partial charge in [0.15, 0.2) is 0 Å². The van der Waals surface area contributed by atoms with Crippen LogP contribution in [0, 0.1) is 11.3 Å². The molecule has 0 saturated heterocycles. The highest BCUT2D eigenvalue weighted by Gasteiger charge is 2.10. The van der Waals surface area contributed by atoms with E-state index in [1.165, 1.54) is 12.2 Å². The lowest BCUT2D eigenvalue weighted by Gasteiger charge is -2.04. The summed E-state index contributed by atoms with van der Waals surface area (Å²) >= 11 is 3.33. The van der Waals surface area contributed by atoms with Crippen LogP contribution in [0.4, 0.5) is 0 Å². The van der Waals surface area contributed by atoms with Crippen molar-refractivity contribution in [2.75, 3.05) is 13.7 Å². The van der Waals surface area contributed by atoms with Crippen LogP contribution in [0.25, 0.3) is 6.08 Å². The molecule has 0 radical (unpaired) electrons. The third-order valence-corrected chi connectivity index (χ3v) is 2.78. The summed E-state index contributed by atoms with van der Waals surface area (Å²) in [5.41, 5.74) is 0.624. The van der Waals surface area contributed by atoms with Crippen molar-refractivity contribution in [1.29, 1.82) is 5.26 Å². The first-order valence-corrected chi connectivity index (χ1v) is 6.15. The average Bonchev–Trinajstić information content (AvgIpc) is 2.42. The van der Waals surface area contributed by atoms with E-state index >= 15 is 0 Å². The molecule has 0 aliphatic rings. The smallest absolute Gasteiger partial charge is 0.349 e. The van der Waals surface area contributed by atoms with Crippen LogP contribution in [-0.2, 0) is 9.53 Å². The van der Waals surface area contributed by atoms with E-state index in [2.05, 4.69) is 22.5 Å². The van der Waals surface area contributed by atoms with Crippen molar-refractivity contribution in [2.45, 2.75) is 0 Å². The standard InChI is InChI=1S/C14H12BrNO3/c1-3-6-19-14(17)11(9-16)7-10-4-5-13(18-2)12(15)8-10/h3-5,7-8H,1,6H2,2H3. The van der Waals surface area contributed by atoms with Crippen molar-refractivity contribution in [3.05, 3.63) is 46.5 Å². The second kappa shape index (κ2) is 7.39. The summed E-state index contributed by atoms with van der Waals surface area (Å²) in [6.07, 6.45) is 2.90. The number of carbonyl (C=O) groups is 1. The third-order valence-electron chi connectivity index (χ3n) is 2.16. The summed E-state index contributed by atoms with van der Waals surface area (Å²) in [5, 5.41) is 8.95. The van der Waals surface area contributed by atoms with Gasteiger partial charge < -0.3 is 9.47 Å². The number of ether oxygens (including phenoxy) is 2. The molecule has 0 aliphatic heterocycles. The van der Waals surface area contributed by atoms with Gasteiger partial charge in [-0.05, 0) is 39.7 Å². The Morgan fingerprint density at radius 1 is 1.58 bits per heavy atom. The Bertz CT molecular complexity index is 558. The Kier molecular flexibility index (Phi) is 5.83. The zero-order chi connectivity index (χ0) is 14.3. The van der Waals surface area contributed by atoms with E-state index in [-0.39, 0.29) is 12.2 Å². The zero-order valence-electron chi connectivity index (χ0n) is 10.4. The number of nitrogens with zero attached hydrogens (tertiary/aromatic N) is 1. The molecule has 0 heterocycles. The molecule has 0 aliphatic carbocycles. The van der Waals surface area contributed by atoms with Crippen LogP contribution in [-0.4, -0.2) is 19.7 Å². The summed E-state index contributed by atoms with van der Waals surface area (Å²) in [6.45, 7) is 3.51. The lowest BCUT2D eigenvalue weighted by Crippen LogP contribution is -2.06. The zero-order valence-corrected chi connectivity index (χ0v) is 11.9. The highest BCUT2D eigenvalue weighted by molar-refractivity contribution is 9.10. The van der Waals surface area contributed by atoms with Crippen molar-refractivity contribution in [2.24, 2.45) is 0 Å². The van der Waals surface area contributed by atoms with Gasteiger partial charge in [0.2, 0.25) is 0 Å². The van der Waals surface area contributed by atoms with E-state index in [9.17, 15) is 4.79 Å². The van der Waals surface area contributed by atoms with Gasteiger partial charge in [-0.2, -0.15) is 5.26 Å². The van der Waals surface area contributed by atoms with Gasteiger partial charge in [-0.3, -0.25) is 0 Å². The Morgan fingerprint density at radius 2 is 2.32 bits per heavy atom. The molecule has 1 aromatic rings. The molecular formula is C14H12BrNO3. The number of halogens is 1. The van der Waals surface area contributed by atoms with Crippen molar-refractivity contribution in [3.63, 3.8) is 0 Å². The van der Waals surface area contributed by atoms with Crippen LogP contribution in [0.2, 0.25) is 0 Å². The molecule has 1 aromatic carbocycles. The molecular weight excluding hydrogens is 310 g/mol.